The molecule has 0 bridgehead atoms. The summed E-state index contributed by atoms with van der Waals surface area (Å²) in [4.78, 5) is 26.3. The van der Waals surface area contributed by atoms with E-state index in [0.29, 0.717) is 13.0 Å². The molecule has 118 valence electrons. The summed E-state index contributed by atoms with van der Waals surface area (Å²) in [6.07, 6.45) is 2.26. The number of aromatic nitrogens is 1. The lowest BCUT2D eigenvalue weighted by Crippen LogP contribution is -2.37. The molecule has 2 heterocycles. The van der Waals surface area contributed by atoms with Gasteiger partial charge in [-0.05, 0) is 31.0 Å². The van der Waals surface area contributed by atoms with Crippen LogP contribution >= 0.6 is 0 Å². The number of carbonyl (C=O) groups is 1. The molecule has 0 saturated heterocycles. The van der Waals surface area contributed by atoms with Crippen molar-refractivity contribution in [2.24, 2.45) is 0 Å². The van der Waals surface area contributed by atoms with Gasteiger partial charge in [0.2, 0.25) is 5.91 Å². The third kappa shape index (κ3) is 2.50. The predicted octanol–water partition coefficient (Wildman–Crippen LogP) is 2.73. The van der Waals surface area contributed by atoms with Gasteiger partial charge in [0, 0.05) is 31.5 Å². The van der Waals surface area contributed by atoms with Crippen LogP contribution in [0.15, 0.2) is 65.6 Å². The van der Waals surface area contributed by atoms with Gasteiger partial charge in [-0.1, -0.05) is 36.4 Å². The van der Waals surface area contributed by atoms with Crippen LogP contribution < -0.4 is 10.5 Å². The summed E-state index contributed by atoms with van der Waals surface area (Å²) < 4.78 is 1.61. The van der Waals surface area contributed by atoms with E-state index in [-0.39, 0.29) is 11.5 Å². The van der Waals surface area contributed by atoms with Crippen molar-refractivity contribution in [3.8, 4) is 0 Å². The van der Waals surface area contributed by atoms with E-state index in [1.165, 1.54) is 6.07 Å². The van der Waals surface area contributed by atoms with Crippen LogP contribution in [0, 0.1) is 0 Å². The van der Waals surface area contributed by atoms with Gasteiger partial charge in [0.05, 0.1) is 5.41 Å². The minimum atomic E-state index is -0.624. The summed E-state index contributed by atoms with van der Waals surface area (Å²) in [6.45, 7) is 6.48. The zero-order chi connectivity index (χ0) is 16.6. The van der Waals surface area contributed by atoms with Crippen molar-refractivity contribution < 1.29 is 4.79 Å². The number of fused-ring (bicyclic) bond motifs is 1. The molecule has 2 aromatic rings. The van der Waals surface area contributed by atoms with E-state index in [1.807, 2.05) is 37.3 Å². The highest BCUT2D eigenvalue weighted by atomic mass is 16.2. The molecular weight excluding hydrogens is 288 g/mol. The Morgan fingerprint density at radius 2 is 1.83 bits per heavy atom. The number of allylic oxidation sites excluding steroid dienone is 1. The van der Waals surface area contributed by atoms with Crippen LogP contribution in [0.1, 0.15) is 18.9 Å². The van der Waals surface area contributed by atoms with Gasteiger partial charge in [-0.15, -0.1) is 0 Å². The number of carbonyl (C=O) groups excluding carboxylic acids is 1. The highest BCUT2D eigenvalue weighted by Gasteiger charge is 2.45. The van der Waals surface area contributed by atoms with E-state index in [2.05, 4.69) is 6.58 Å². The van der Waals surface area contributed by atoms with Gasteiger partial charge < -0.3 is 9.47 Å². The van der Waals surface area contributed by atoms with Gasteiger partial charge in [0.1, 0.15) is 0 Å². The molecule has 0 spiro atoms. The average molecular weight is 308 g/mol. The second-order valence-electron chi connectivity index (χ2n) is 6.31. The molecule has 1 aromatic heterocycles. The second kappa shape index (κ2) is 5.54. The second-order valence-corrected chi connectivity index (χ2v) is 6.31. The summed E-state index contributed by atoms with van der Waals surface area (Å²) in [6, 6.07) is 12.9. The van der Waals surface area contributed by atoms with Crippen LogP contribution in [-0.4, -0.2) is 17.5 Å². The van der Waals surface area contributed by atoms with Gasteiger partial charge in [-0.25, -0.2) is 0 Å². The fraction of sp³-hybridized carbons (Fsp3) is 0.263. The maximum absolute atomic E-state index is 12.8. The third-order valence-electron chi connectivity index (χ3n) is 4.53. The van der Waals surface area contributed by atoms with Crippen molar-refractivity contribution in [3.05, 3.63) is 76.7 Å². The molecule has 0 fully saturated rings. The molecule has 1 aliphatic rings. The normalized spacial score (nSPS) is 19.7. The molecule has 0 N–H and O–H groups in total. The Hall–Kier alpha value is -2.62. The fourth-order valence-electron chi connectivity index (χ4n) is 3.39. The van der Waals surface area contributed by atoms with Gasteiger partial charge in [0.25, 0.3) is 5.56 Å². The minimum Gasteiger partial charge on any atom is -0.314 e. The van der Waals surface area contributed by atoms with Crippen molar-refractivity contribution >= 4 is 11.6 Å². The largest absolute Gasteiger partial charge is 0.314 e. The first-order chi connectivity index (χ1) is 10.9. The van der Waals surface area contributed by atoms with Crippen LogP contribution in [0.3, 0.4) is 0 Å². The van der Waals surface area contributed by atoms with Crippen LogP contribution in [0.5, 0.6) is 0 Å². The summed E-state index contributed by atoms with van der Waals surface area (Å²) in [7, 11) is 1.80. The molecular formula is C19H20N2O2. The number of hydrogen-bond acceptors (Lipinski definition) is 2. The summed E-state index contributed by atoms with van der Waals surface area (Å²) >= 11 is 0. The maximum Gasteiger partial charge on any atom is 0.250 e. The van der Waals surface area contributed by atoms with Crippen molar-refractivity contribution in [1.82, 2.24) is 4.57 Å². The Bertz CT molecular complexity index is 837. The first-order valence-electron chi connectivity index (χ1n) is 7.63. The van der Waals surface area contributed by atoms with Gasteiger partial charge in [0.15, 0.2) is 0 Å². The van der Waals surface area contributed by atoms with E-state index in [4.69, 9.17) is 0 Å². The van der Waals surface area contributed by atoms with Gasteiger partial charge >= 0.3 is 0 Å². The number of anilines is 1. The maximum atomic E-state index is 12.8. The minimum absolute atomic E-state index is 0.0610. The molecule has 0 saturated carbocycles. The average Bonchev–Trinajstić information content (AvgIpc) is 2.72. The quantitative estimate of drug-likeness (QED) is 0.815. The molecule has 0 radical (unpaired) electrons. The van der Waals surface area contributed by atoms with E-state index in [1.54, 1.807) is 28.8 Å². The summed E-state index contributed by atoms with van der Waals surface area (Å²) in [5, 5.41) is 0. The molecule has 3 rings (SSSR count). The Morgan fingerprint density at radius 3 is 2.57 bits per heavy atom. The van der Waals surface area contributed by atoms with E-state index in [0.717, 1.165) is 16.8 Å². The third-order valence-corrected chi connectivity index (χ3v) is 4.53. The number of amides is 1. The molecule has 1 atom stereocenters. The first kappa shape index (κ1) is 15.3. The lowest BCUT2D eigenvalue weighted by Gasteiger charge is -2.24. The first-order valence-corrected chi connectivity index (χ1v) is 7.63. The lowest BCUT2D eigenvalue weighted by molar-refractivity contribution is -0.122. The predicted molar refractivity (Wildman–Crippen MR) is 91.7 cm³/mol. The number of hydrogen-bond donors (Lipinski definition) is 0. The Morgan fingerprint density at radius 1 is 1.13 bits per heavy atom. The highest BCUT2D eigenvalue weighted by molar-refractivity contribution is 6.07. The lowest BCUT2D eigenvalue weighted by atomic mass is 9.78. The Labute approximate surface area is 135 Å². The number of likely N-dealkylation sites (N-methyl/N-ethyl adjacent to an activating group) is 1. The molecule has 1 aliphatic heterocycles. The highest BCUT2D eigenvalue weighted by Crippen LogP contribution is 2.44. The smallest absolute Gasteiger partial charge is 0.250 e. The molecule has 0 aliphatic carbocycles. The monoisotopic (exact) mass is 308 g/mol. The van der Waals surface area contributed by atoms with E-state index in [9.17, 15) is 9.59 Å². The number of pyridine rings is 1. The number of benzene rings is 1. The van der Waals surface area contributed by atoms with Crippen molar-refractivity contribution in [1.29, 1.82) is 0 Å². The number of para-hydroxylation sites is 1. The molecule has 23 heavy (non-hydrogen) atoms. The fourth-order valence-corrected chi connectivity index (χ4v) is 3.39. The number of rotatable bonds is 4. The molecule has 1 unspecified atom stereocenters. The molecule has 1 amide bonds. The Kier molecular flexibility index (Phi) is 3.68. The summed E-state index contributed by atoms with van der Waals surface area (Å²) in [5.41, 5.74) is 2.15. The van der Waals surface area contributed by atoms with Crippen LogP contribution in [0.4, 0.5) is 5.69 Å². The standard InChI is InChI=1S/C19H20N2O2/c1-14(13-21-11-7-6-10-17(21)22)12-19(2)15-8-4-5-9-16(15)20(3)18(19)23/h4-11H,1,12-13H2,2-3H3. The SMILES string of the molecule is C=C(Cn1ccccc1=O)CC1(C)C(=O)N(C)c2ccccc21. The Balaban J connectivity index is 1.87. The topological polar surface area (TPSA) is 42.3 Å². The van der Waals surface area contributed by atoms with Crippen LogP contribution in [0.25, 0.3) is 0 Å². The van der Waals surface area contributed by atoms with Crippen molar-refractivity contribution in [2.75, 3.05) is 11.9 Å². The van der Waals surface area contributed by atoms with E-state index < -0.39 is 5.41 Å². The number of nitrogens with zero attached hydrogens (tertiary/aromatic N) is 2. The molecule has 4 heteroatoms. The summed E-state index contributed by atoms with van der Waals surface area (Å²) in [5.74, 6) is 0.0697. The van der Waals surface area contributed by atoms with Crippen molar-refractivity contribution in [3.63, 3.8) is 0 Å². The van der Waals surface area contributed by atoms with Gasteiger partial charge in [-0.3, -0.25) is 9.59 Å². The molecule has 1 aromatic carbocycles. The molecule has 4 nitrogen and oxygen atoms in total. The van der Waals surface area contributed by atoms with Crippen molar-refractivity contribution in [2.45, 2.75) is 25.3 Å². The van der Waals surface area contributed by atoms with E-state index >= 15 is 0 Å². The van der Waals surface area contributed by atoms with Crippen LogP contribution in [0.2, 0.25) is 0 Å². The van der Waals surface area contributed by atoms with Gasteiger partial charge in [-0.2, -0.15) is 0 Å². The zero-order valence-electron chi connectivity index (χ0n) is 13.5. The zero-order valence-corrected chi connectivity index (χ0v) is 13.5. The van der Waals surface area contributed by atoms with Crippen LogP contribution in [-0.2, 0) is 16.8 Å².